The number of hydrogen-bond acceptors (Lipinski definition) is 3. The van der Waals surface area contributed by atoms with E-state index in [4.69, 9.17) is 12.2 Å². The van der Waals surface area contributed by atoms with E-state index in [0.717, 1.165) is 29.1 Å². The number of allylic oxidation sites excluding steroid dienone is 1. The second-order valence-electron chi connectivity index (χ2n) is 7.82. The molecule has 0 saturated carbocycles. The third kappa shape index (κ3) is 8.11. The molecule has 0 aliphatic heterocycles. The van der Waals surface area contributed by atoms with Gasteiger partial charge in [-0.25, -0.2) is 0 Å². The van der Waals surface area contributed by atoms with E-state index in [2.05, 4.69) is 87.8 Å². The van der Waals surface area contributed by atoms with Crippen LogP contribution in [-0.2, 0) is 6.42 Å². The van der Waals surface area contributed by atoms with Crippen LogP contribution in [0.5, 0.6) is 0 Å². The molecule has 1 unspecified atom stereocenters. The molecule has 2 aromatic carbocycles. The highest BCUT2D eigenvalue weighted by molar-refractivity contribution is 7.80. The number of hydrogen-bond donors (Lipinski definition) is 1. The van der Waals surface area contributed by atoms with Crippen molar-refractivity contribution >= 4 is 35.2 Å². The fourth-order valence-electron chi connectivity index (χ4n) is 2.89. The van der Waals surface area contributed by atoms with Crippen molar-refractivity contribution in [1.29, 1.82) is 0 Å². The molecule has 0 aliphatic rings. The second-order valence-corrected chi connectivity index (χ2v) is 8.32. The highest BCUT2D eigenvalue weighted by Crippen LogP contribution is 2.21. The summed E-state index contributed by atoms with van der Waals surface area (Å²) >= 11 is 5.19. The number of thiocarbonyl (C=S) groups is 1. The lowest BCUT2D eigenvalue weighted by Crippen LogP contribution is -2.27. The van der Waals surface area contributed by atoms with E-state index in [0.29, 0.717) is 12.0 Å². The van der Waals surface area contributed by atoms with Crippen LogP contribution in [0.3, 0.4) is 0 Å². The largest absolute Gasteiger partial charge is 0.382 e. The molecule has 0 bridgehead atoms. The summed E-state index contributed by atoms with van der Waals surface area (Å²) in [6.45, 7) is 18.3. The Morgan fingerprint density at radius 1 is 1.13 bits per heavy atom. The van der Waals surface area contributed by atoms with E-state index >= 15 is 0 Å². The number of benzene rings is 2. The first-order chi connectivity index (χ1) is 14.2. The summed E-state index contributed by atoms with van der Waals surface area (Å²) in [6, 6.07) is 17.2. The first kappa shape index (κ1) is 25.6. The number of rotatable bonds is 8. The molecule has 162 valence electrons. The molecule has 1 N–H and O–H groups in total. The third-order valence-electron chi connectivity index (χ3n) is 5.03. The quantitative estimate of drug-likeness (QED) is 0.286. The van der Waals surface area contributed by atoms with Gasteiger partial charge in [0.15, 0.2) is 0 Å². The molecule has 2 rings (SSSR count). The lowest BCUT2D eigenvalue weighted by Gasteiger charge is -2.25. The van der Waals surface area contributed by atoms with Crippen LogP contribution in [0.15, 0.2) is 60.2 Å². The van der Waals surface area contributed by atoms with E-state index in [1.807, 2.05) is 31.1 Å². The lowest BCUT2D eigenvalue weighted by atomic mass is 9.99. The highest BCUT2D eigenvalue weighted by Gasteiger charge is 2.11. The van der Waals surface area contributed by atoms with Gasteiger partial charge in [-0.15, -0.1) is 0 Å². The zero-order valence-electron chi connectivity index (χ0n) is 19.4. The van der Waals surface area contributed by atoms with E-state index < -0.39 is 0 Å². The predicted octanol–water partition coefficient (Wildman–Crippen LogP) is 6.84. The van der Waals surface area contributed by atoms with Crippen molar-refractivity contribution in [3.05, 3.63) is 71.8 Å². The smallest absolute Gasteiger partial charge is 0.0795 e. The molecule has 4 heteroatoms. The Labute approximate surface area is 188 Å². The van der Waals surface area contributed by atoms with Crippen molar-refractivity contribution in [2.75, 3.05) is 12.1 Å². The van der Waals surface area contributed by atoms with Crippen LogP contribution < -0.4 is 10.3 Å². The van der Waals surface area contributed by atoms with Gasteiger partial charge in [-0.2, -0.15) is 5.10 Å². The number of nitrogens with one attached hydrogen (secondary N) is 1. The van der Waals surface area contributed by atoms with Crippen LogP contribution in [0.4, 0.5) is 5.69 Å². The molecule has 0 fully saturated rings. The Hall–Kier alpha value is -2.46. The van der Waals surface area contributed by atoms with Gasteiger partial charge in [-0.05, 0) is 55.0 Å². The fourth-order valence-corrected chi connectivity index (χ4v) is 3.06. The van der Waals surface area contributed by atoms with Crippen LogP contribution in [0.25, 0.3) is 5.57 Å². The SMILES string of the molecule is C=C(C)c1cccc(C(C)C)c1.C=NN(c1cccc(CC(=S)NC)c1)C(C)CC. The van der Waals surface area contributed by atoms with Crippen LogP contribution >= 0.6 is 12.2 Å². The van der Waals surface area contributed by atoms with E-state index in [1.165, 1.54) is 16.7 Å². The van der Waals surface area contributed by atoms with E-state index in [9.17, 15) is 0 Å². The maximum Gasteiger partial charge on any atom is 0.0795 e. The first-order valence-electron chi connectivity index (χ1n) is 10.5. The van der Waals surface area contributed by atoms with Crippen molar-refractivity contribution in [3.63, 3.8) is 0 Å². The summed E-state index contributed by atoms with van der Waals surface area (Å²) in [4.78, 5) is 0.841. The molecule has 0 aromatic heterocycles. The molecule has 0 spiro atoms. The van der Waals surface area contributed by atoms with Gasteiger partial charge < -0.3 is 5.32 Å². The summed E-state index contributed by atoms with van der Waals surface area (Å²) in [7, 11) is 1.85. The topological polar surface area (TPSA) is 27.6 Å². The molecule has 3 nitrogen and oxygen atoms in total. The Kier molecular flexibility index (Phi) is 11.1. The van der Waals surface area contributed by atoms with Crippen molar-refractivity contribution in [1.82, 2.24) is 5.32 Å². The summed E-state index contributed by atoms with van der Waals surface area (Å²) in [5.74, 6) is 0.601. The summed E-state index contributed by atoms with van der Waals surface area (Å²) < 4.78 is 0. The minimum Gasteiger partial charge on any atom is -0.382 e. The molecule has 0 aliphatic carbocycles. The standard InChI is InChI=1S/C14H21N3S.C12H16/c1-5-11(2)17(16-4)13-8-6-7-12(9-13)10-14(18)15-3;1-9(2)11-6-5-7-12(8-11)10(3)4/h6-9,11H,4-5,10H2,1-3H3,(H,15,18);5-8,10H,1H2,2-4H3. The summed E-state index contributed by atoms with van der Waals surface area (Å²) in [5.41, 5.74) is 6.02. The van der Waals surface area contributed by atoms with Gasteiger partial charge >= 0.3 is 0 Å². The Bertz CT molecular complexity index is 842. The minimum absolute atomic E-state index is 0.342. The van der Waals surface area contributed by atoms with Crippen molar-refractivity contribution in [2.24, 2.45) is 5.10 Å². The first-order valence-corrected chi connectivity index (χ1v) is 10.9. The maximum atomic E-state index is 5.19. The molecule has 1 atom stereocenters. The molecule has 2 aromatic rings. The van der Waals surface area contributed by atoms with Gasteiger partial charge in [0.2, 0.25) is 0 Å². The molecule has 0 saturated heterocycles. The Morgan fingerprint density at radius 2 is 1.80 bits per heavy atom. The van der Waals surface area contributed by atoms with Crippen LogP contribution in [-0.4, -0.2) is 24.8 Å². The Balaban J connectivity index is 0.000000325. The maximum absolute atomic E-state index is 5.19. The van der Waals surface area contributed by atoms with Crippen LogP contribution in [0.1, 0.15) is 63.6 Å². The highest BCUT2D eigenvalue weighted by atomic mass is 32.1. The molecule has 0 amide bonds. The number of likely N-dealkylation sites (N-methyl/N-ethyl adjacent to an activating group) is 1. The van der Waals surface area contributed by atoms with Crippen LogP contribution in [0.2, 0.25) is 0 Å². The molecule has 0 radical (unpaired) electrons. The normalized spacial score (nSPS) is 11.2. The number of anilines is 1. The van der Waals surface area contributed by atoms with Gasteiger partial charge in [-0.1, -0.05) is 81.5 Å². The average Bonchev–Trinajstić information content (AvgIpc) is 2.74. The van der Waals surface area contributed by atoms with Gasteiger partial charge in [-0.3, -0.25) is 5.01 Å². The Morgan fingerprint density at radius 3 is 2.33 bits per heavy atom. The molecule has 30 heavy (non-hydrogen) atoms. The van der Waals surface area contributed by atoms with Gasteiger partial charge in [0.1, 0.15) is 0 Å². The lowest BCUT2D eigenvalue weighted by molar-refractivity contribution is 0.637. The van der Waals surface area contributed by atoms with E-state index in [1.54, 1.807) is 0 Å². The molecule has 0 heterocycles. The van der Waals surface area contributed by atoms with Gasteiger partial charge in [0.25, 0.3) is 0 Å². The number of nitrogens with zero attached hydrogens (tertiary/aromatic N) is 2. The monoisotopic (exact) mass is 423 g/mol. The molecular weight excluding hydrogens is 386 g/mol. The van der Waals surface area contributed by atoms with Gasteiger partial charge in [0.05, 0.1) is 10.7 Å². The zero-order valence-corrected chi connectivity index (χ0v) is 20.2. The second kappa shape index (κ2) is 13.0. The number of hydrazone groups is 1. The van der Waals surface area contributed by atoms with Crippen molar-refractivity contribution < 1.29 is 0 Å². The summed E-state index contributed by atoms with van der Waals surface area (Å²) in [6.07, 6.45) is 1.78. The van der Waals surface area contributed by atoms with Crippen molar-refractivity contribution in [2.45, 2.75) is 59.4 Å². The van der Waals surface area contributed by atoms with Crippen LogP contribution in [0, 0.1) is 0 Å². The minimum atomic E-state index is 0.342. The molecular formula is C26H37N3S. The van der Waals surface area contributed by atoms with Crippen molar-refractivity contribution in [3.8, 4) is 0 Å². The third-order valence-corrected chi connectivity index (χ3v) is 5.37. The zero-order chi connectivity index (χ0) is 22.7. The van der Waals surface area contributed by atoms with Gasteiger partial charge in [0, 0.05) is 26.2 Å². The predicted molar refractivity (Wildman–Crippen MR) is 139 cm³/mol. The van der Waals surface area contributed by atoms with E-state index in [-0.39, 0.29) is 0 Å². The summed E-state index contributed by atoms with van der Waals surface area (Å²) in [5, 5.41) is 9.05. The fraction of sp³-hybridized carbons (Fsp3) is 0.385. The average molecular weight is 424 g/mol.